The van der Waals surface area contributed by atoms with Gasteiger partial charge in [-0.05, 0) is 51.5 Å². The van der Waals surface area contributed by atoms with Gasteiger partial charge in [0.25, 0.3) is 5.56 Å². The summed E-state index contributed by atoms with van der Waals surface area (Å²) in [5.74, 6) is -0.326. The Labute approximate surface area is 190 Å². The zero-order valence-corrected chi connectivity index (χ0v) is 19.1. The van der Waals surface area contributed by atoms with Crippen LogP contribution < -0.4 is 10.9 Å². The summed E-state index contributed by atoms with van der Waals surface area (Å²) in [5.41, 5.74) is 4.16. The first-order chi connectivity index (χ1) is 15.3. The van der Waals surface area contributed by atoms with Crippen LogP contribution in [0.25, 0.3) is 16.6 Å². The molecule has 7 nitrogen and oxygen atoms in total. The van der Waals surface area contributed by atoms with Crippen LogP contribution in [0.3, 0.4) is 0 Å². The normalized spacial score (nSPS) is 12.2. The summed E-state index contributed by atoms with van der Waals surface area (Å²) in [6.45, 7) is 7.65. The molecular weight excluding hydrogens is 426 g/mol. The molecule has 0 fully saturated rings. The second kappa shape index (κ2) is 8.59. The molecule has 2 aromatic carbocycles. The van der Waals surface area contributed by atoms with Crippen molar-refractivity contribution in [1.82, 2.24) is 24.9 Å². The Bertz CT molecular complexity index is 1370. The number of carbonyl (C=O) groups excluding carboxylic acids is 1. The summed E-state index contributed by atoms with van der Waals surface area (Å²) in [7, 11) is 0. The van der Waals surface area contributed by atoms with Crippen LogP contribution in [-0.4, -0.2) is 25.5 Å². The number of rotatable bonds is 5. The second-order valence-electron chi connectivity index (χ2n) is 7.88. The fourth-order valence-corrected chi connectivity index (χ4v) is 3.94. The van der Waals surface area contributed by atoms with E-state index in [4.69, 9.17) is 11.6 Å². The number of amides is 1. The topological polar surface area (TPSA) is 81.8 Å². The third-order valence-corrected chi connectivity index (χ3v) is 5.95. The van der Waals surface area contributed by atoms with Crippen LogP contribution in [0.1, 0.15) is 35.5 Å². The molecule has 1 amide bonds. The Kier molecular flexibility index (Phi) is 5.84. The standard InChI is InChI=1S/C24H24ClN5O2/c1-14-9-11-19(12-10-14)29-16(3)21-15(2)27-30(24(32)22(21)28-29)17(4)23(31)26-13-18-7-5-6-8-20(18)25/h5-12,17H,13H2,1-4H3,(H,26,31)/t17-/m0/s1. The minimum Gasteiger partial charge on any atom is -0.350 e. The van der Waals surface area contributed by atoms with Crippen molar-refractivity contribution in [3.8, 4) is 5.69 Å². The SMILES string of the molecule is Cc1ccc(-n2nc3c(=O)n([C@@H](C)C(=O)NCc4ccccc4Cl)nc(C)c3c2C)cc1. The molecule has 164 valence electrons. The van der Waals surface area contributed by atoms with Crippen molar-refractivity contribution < 1.29 is 4.79 Å². The number of nitrogens with one attached hydrogen (secondary N) is 1. The van der Waals surface area contributed by atoms with Gasteiger partial charge in [0.2, 0.25) is 5.91 Å². The predicted octanol–water partition coefficient (Wildman–Crippen LogP) is 4.04. The molecule has 8 heteroatoms. The molecule has 1 atom stereocenters. The van der Waals surface area contributed by atoms with Crippen LogP contribution in [0.4, 0.5) is 0 Å². The van der Waals surface area contributed by atoms with Crippen molar-refractivity contribution >= 4 is 28.4 Å². The number of aromatic nitrogens is 4. The van der Waals surface area contributed by atoms with Gasteiger partial charge < -0.3 is 5.32 Å². The van der Waals surface area contributed by atoms with Gasteiger partial charge in [0.1, 0.15) is 6.04 Å². The van der Waals surface area contributed by atoms with Gasteiger partial charge in [-0.3, -0.25) is 9.59 Å². The van der Waals surface area contributed by atoms with Gasteiger partial charge in [0.05, 0.1) is 22.5 Å². The van der Waals surface area contributed by atoms with Gasteiger partial charge in [-0.2, -0.15) is 10.2 Å². The van der Waals surface area contributed by atoms with Gasteiger partial charge in [-0.15, -0.1) is 0 Å². The number of halogens is 1. The van der Waals surface area contributed by atoms with E-state index in [0.717, 1.165) is 22.5 Å². The molecule has 2 heterocycles. The highest BCUT2D eigenvalue weighted by molar-refractivity contribution is 6.31. The third-order valence-electron chi connectivity index (χ3n) is 5.58. The van der Waals surface area contributed by atoms with E-state index < -0.39 is 11.6 Å². The van der Waals surface area contributed by atoms with Crippen molar-refractivity contribution in [2.24, 2.45) is 0 Å². The minimum absolute atomic E-state index is 0.264. The number of hydrogen-bond donors (Lipinski definition) is 1. The van der Waals surface area contributed by atoms with E-state index in [0.29, 0.717) is 21.6 Å². The number of hydrogen-bond acceptors (Lipinski definition) is 4. The van der Waals surface area contributed by atoms with Crippen LogP contribution in [-0.2, 0) is 11.3 Å². The molecule has 1 N–H and O–H groups in total. The molecule has 2 aromatic heterocycles. The maximum absolute atomic E-state index is 13.2. The molecule has 0 saturated carbocycles. The number of nitrogens with zero attached hydrogens (tertiary/aromatic N) is 4. The molecule has 0 radical (unpaired) electrons. The maximum Gasteiger partial charge on any atom is 0.295 e. The summed E-state index contributed by atoms with van der Waals surface area (Å²) >= 11 is 6.16. The van der Waals surface area contributed by atoms with E-state index in [2.05, 4.69) is 15.5 Å². The van der Waals surface area contributed by atoms with E-state index in [1.54, 1.807) is 17.7 Å². The number of carbonyl (C=O) groups is 1. The first kappa shape index (κ1) is 21.8. The molecule has 4 rings (SSSR count). The largest absolute Gasteiger partial charge is 0.350 e. The zero-order chi connectivity index (χ0) is 23.0. The zero-order valence-electron chi connectivity index (χ0n) is 18.4. The molecule has 0 aliphatic carbocycles. The summed E-state index contributed by atoms with van der Waals surface area (Å²) in [6.07, 6.45) is 0. The van der Waals surface area contributed by atoms with Gasteiger partial charge in [-0.1, -0.05) is 47.5 Å². The maximum atomic E-state index is 13.2. The lowest BCUT2D eigenvalue weighted by atomic mass is 10.2. The molecule has 32 heavy (non-hydrogen) atoms. The van der Waals surface area contributed by atoms with Crippen molar-refractivity contribution in [3.63, 3.8) is 0 Å². The molecule has 0 aliphatic rings. The highest BCUT2D eigenvalue weighted by atomic mass is 35.5. The van der Waals surface area contributed by atoms with E-state index >= 15 is 0 Å². The van der Waals surface area contributed by atoms with E-state index in [1.165, 1.54) is 4.68 Å². The average Bonchev–Trinajstić information content (AvgIpc) is 3.13. The summed E-state index contributed by atoms with van der Waals surface area (Å²) < 4.78 is 2.94. The summed E-state index contributed by atoms with van der Waals surface area (Å²) in [6, 6.07) is 14.4. The molecular formula is C24H24ClN5O2. The van der Waals surface area contributed by atoms with Crippen molar-refractivity contribution in [1.29, 1.82) is 0 Å². The smallest absolute Gasteiger partial charge is 0.295 e. The Morgan fingerprint density at radius 3 is 2.44 bits per heavy atom. The molecule has 0 unspecified atom stereocenters. The Hall–Kier alpha value is -3.45. The van der Waals surface area contributed by atoms with Crippen molar-refractivity contribution in [3.05, 3.63) is 86.4 Å². The predicted molar refractivity (Wildman–Crippen MR) is 125 cm³/mol. The molecule has 0 aliphatic heterocycles. The lowest BCUT2D eigenvalue weighted by molar-refractivity contribution is -0.124. The van der Waals surface area contributed by atoms with Crippen LogP contribution in [0, 0.1) is 20.8 Å². The van der Waals surface area contributed by atoms with E-state index in [-0.39, 0.29) is 12.5 Å². The van der Waals surface area contributed by atoms with Crippen molar-refractivity contribution in [2.45, 2.75) is 40.3 Å². The average molecular weight is 450 g/mol. The molecule has 0 saturated heterocycles. The van der Waals surface area contributed by atoms with Gasteiger partial charge in [0, 0.05) is 11.6 Å². The Morgan fingerprint density at radius 2 is 1.75 bits per heavy atom. The highest BCUT2D eigenvalue weighted by Crippen LogP contribution is 2.22. The Balaban J connectivity index is 1.68. The molecule has 4 aromatic rings. The number of benzene rings is 2. The number of fused-ring (bicyclic) bond motifs is 1. The van der Waals surface area contributed by atoms with Gasteiger partial charge in [0.15, 0.2) is 5.52 Å². The summed E-state index contributed by atoms with van der Waals surface area (Å²) in [5, 5.41) is 13.1. The lowest BCUT2D eigenvalue weighted by Gasteiger charge is -2.15. The van der Waals surface area contributed by atoms with Gasteiger partial charge >= 0.3 is 0 Å². The minimum atomic E-state index is -0.807. The first-order valence-corrected chi connectivity index (χ1v) is 10.7. The fraction of sp³-hybridized carbons (Fsp3) is 0.250. The Morgan fingerprint density at radius 1 is 1.06 bits per heavy atom. The van der Waals surface area contributed by atoms with E-state index in [9.17, 15) is 9.59 Å². The highest BCUT2D eigenvalue weighted by Gasteiger charge is 2.23. The van der Waals surface area contributed by atoms with Crippen LogP contribution >= 0.6 is 11.6 Å². The number of aryl methyl sites for hydroxylation is 3. The van der Waals surface area contributed by atoms with Crippen LogP contribution in [0.5, 0.6) is 0 Å². The summed E-state index contributed by atoms with van der Waals surface area (Å²) in [4.78, 5) is 26.0. The van der Waals surface area contributed by atoms with Crippen molar-refractivity contribution in [2.75, 3.05) is 0 Å². The third kappa shape index (κ3) is 3.91. The first-order valence-electron chi connectivity index (χ1n) is 10.3. The van der Waals surface area contributed by atoms with Gasteiger partial charge in [-0.25, -0.2) is 9.36 Å². The monoisotopic (exact) mass is 449 g/mol. The quantitative estimate of drug-likeness (QED) is 0.498. The lowest BCUT2D eigenvalue weighted by Crippen LogP contribution is -2.37. The molecule has 0 bridgehead atoms. The second-order valence-corrected chi connectivity index (χ2v) is 8.28. The van der Waals surface area contributed by atoms with Crippen LogP contribution in [0.15, 0.2) is 53.3 Å². The fourth-order valence-electron chi connectivity index (χ4n) is 3.73. The van der Waals surface area contributed by atoms with E-state index in [1.807, 2.05) is 63.2 Å². The van der Waals surface area contributed by atoms with Crippen LogP contribution in [0.2, 0.25) is 5.02 Å². The molecule has 0 spiro atoms.